The summed E-state index contributed by atoms with van der Waals surface area (Å²) < 4.78 is 0. The molecule has 16 heavy (non-hydrogen) atoms. The Kier molecular flexibility index (Phi) is 5.30. The van der Waals surface area contributed by atoms with Crippen molar-refractivity contribution in [2.24, 2.45) is 0 Å². The van der Waals surface area contributed by atoms with Crippen LogP contribution in [0.15, 0.2) is 24.3 Å². The molecule has 0 saturated carbocycles. The average molecular weight is 259 g/mol. The number of benzene rings is 1. The van der Waals surface area contributed by atoms with Crippen molar-refractivity contribution in [1.82, 2.24) is 0 Å². The second-order valence-corrected chi connectivity index (χ2v) is 4.75. The SMILES string of the molecule is CCC(C)c1ccc(C(=O)C(Cl)CCl)cc1. The summed E-state index contributed by atoms with van der Waals surface area (Å²) in [6.45, 7) is 4.31. The van der Waals surface area contributed by atoms with Gasteiger partial charge in [-0.2, -0.15) is 0 Å². The molecule has 0 radical (unpaired) electrons. The summed E-state index contributed by atoms with van der Waals surface area (Å²) in [4.78, 5) is 11.7. The molecule has 0 bridgehead atoms. The molecule has 1 aromatic rings. The zero-order chi connectivity index (χ0) is 12.1. The summed E-state index contributed by atoms with van der Waals surface area (Å²) in [5, 5.41) is -0.629. The number of hydrogen-bond donors (Lipinski definition) is 0. The van der Waals surface area contributed by atoms with Gasteiger partial charge in [0.1, 0.15) is 5.38 Å². The standard InChI is InChI=1S/C13H16Cl2O/c1-3-9(2)10-4-6-11(7-5-10)13(16)12(15)8-14/h4-7,9,12H,3,8H2,1-2H3. The highest BCUT2D eigenvalue weighted by atomic mass is 35.5. The van der Waals surface area contributed by atoms with Gasteiger partial charge in [0.25, 0.3) is 0 Å². The first-order valence-corrected chi connectivity index (χ1v) is 6.41. The Morgan fingerprint density at radius 3 is 2.31 bits per heavy atom. The summed E-state index contributed by atoms with van der Waals surface area (Å²) in [5.41, 5.74) is 1.88. The summed E-state index contributed by atoms with van der Waals surface area (Å²) >= 11 is 11.3. The van der Waals surface area contributed by atoms with E-state index in [0.29, 0.717) is 11.5 Å². The fourth-order valence-corrected chi connectivity index (χ4v) is 1.73. The number of carbonyl (C=O) groups excluding carboxylic acids is 1. The number of Topliss-reactive ketones (excluding diaryl/α,β-unsaturated/α-hetero) is 1. The monoisotopic (exact) mass is 258 g/mol. The van der Waals surface area contributed by atoms with Crippen LogP contribution in [0.5, 0.6) is 0 Å². The van der Waals surface area contributed by atoms with Crippen molar-refractivity contribution in [2.75, 3.05) is 5.88 Å². The maximum absolute atomic E-state index is 11.7. The zero-order valence-electron chi connectivity index (χ0n) is 9.54. The Labute approximate surface area is 107 Å². The van der Waals surface area contributed by atoms with Gasteiger partial charge in [-0.05, 0) is 17.9 Å². The molecule has 0 aliphatic rings. The van der Waals surface area contributed by atoms with Gasteiger partial charge in [0.2, 0.25) is 0 Å². The highest BCUT2D eigenvalue weighted by Gasteiger charge is 2.16. The summed E-state index contributed by atoms with van der Waals surface area (Å²) in [6, 6.07) is 7.62. The molecule has 0 aliphatic heterocycles. The lowest BCUT2D eigenvalue weighted by molar-refractivity contribution is 0.0992. The lowest BCUT2D eigenvalue weighted by Crippen LogP contribution is -2.16. The van der Waals surface area contributed by atoms with Crippen LogP contribution >= 0.6 is 23.2 Å². The van der Waals surface area contributed by atoms with Gasteiger partial charge in [-0.15, -0.1) is 23.2 Å². The van der Waals surface area contributed by atoms with Crippen LogP contribution in [0.3, 0.4) is 0 Å². The highest BCUT2D eigenvalue weighted by molar-refractivity contribution is 6.38. The van der Waals surface area contributed by atoms with Crippen LogP contribution in [-0.4, -0.2) is 17.0 Å². The molecule has 0 fully saturated rings. The molecule has 0 heterocycles. The predicted octanol–water partition coefficient (Wildman–Crippen LogP) is 4.23. The molecular weight excluding hydrogens is 243 g/mol. The quantitative estimate of drug-likeness (QED) is 0.571. The van der Waals surface area contributed by atoms with E-state index in [1.54, 1.807) is 0 Å². The van der Waals surface area contributed by atoms with Crippen molar-refractivity contribution in [3.05, 3.63) is 35.4 Å². The number of ketones is 1. The Balaban J connectivity index is 2.82. The summed E-state index contributed by atoms with van der Waals surface area (Å²) in [7, 11) is 0. The summed E-state index contributed by atoms with van der Waals surface area (Å²) in [5.74, 6) is 0.560. The normalized spacial score (nSPS) is 14.5. The molecule has 2 unspecified atom stereocenters. The van der Waals surface area contributed by atoms with Gasteiger partial charge < -0.3 is 0 Å². The van der Waals surface area contributed by atoms with Gasteiger partial charge >= 0.3 is 0 Å². The van der Waals surface area contributed by atoms with Crippen molar-refractivity contribution in [3.63, 3.8) is 0 Å². The van der Waals surface area contributed by atoms with Gasteiger partial charge in [-0.3, -0.25) is 4.79 Å². The van der Waals surface area contributed by atoms with E-state index >= 15 is 0 Å². The first kappa shape index (κ1) is 13.5. The van der Waals surface area contributed by atoms with E-state index in [0.717, 1.165) is 6.42 Å². The minimum absolute atomic E-state index is 0.104. The Morgan fingerprint density at radius 2 is 1.88 bits per heavy atom. The highest BCUT2D eigenvalue weighted by Crippen LogP contribution is 2.20. The Hall–Kier alpha value is -0.530. The lowest BCUT2D eigenvalue weighted by atomic mass is 9.96. The number of hydrogen-bond acceptors (Lipinski definition) is 1. The molecule has 0 N–H and O–H groups in total. The smallest absolute Gasteiger partial charge is 0.181 e. The van der Waals surface area contributed by atoms with Crippen molar-refractivity contribution in [2.45, 2.75) is 31.6 Å². The molecular formula is C13H16Cl2O. The van der Waals surface area contributed by atoms with Crippen LogP contribution in [0.4, 0.5) is 0 Å². The first-order chi connectivity index (χ1) is 7.60. The molecule has 1 nitrogen and oxygen atoms in total. The maximum atomic E-state index is 11.7. The molecule has 0 amide bonds. The van der Waals surface area contributed by atoms with E-state index in [9.17, 15) is 4.79 Å². The second kappa shape index (κ2) is 6.27. The van der Waals surface area contributed by atoms with Crippen LogP contribution < -0.4 is 0 Å². The molecule has 2 atom stereocenters. The van der Waals surface area contributed by atoms with Crippen LogP contribution in [-0.2, 0) is 0 Å². The third-order valence-corrected chi connectivity index (χ3v) is 3.62. The number of halogens is 2. The van der Waals surface area contributed by atoms with Crippen molar-refractivity contribution in [1.29, 1.82) is 0 Å². The molecule has 1 aromatic carbocycles. The zero-order valence-corrected chi connectivity index (χ0v) is 11.1. The topological polar surface area (TPSA) is 17.1 Å². The number of alkyl halides is 2. The van der Waals surface area contributed by atoms with E-state index in [1.807, 2.05) is 24.3 Å². The molecule has 1 rings (SSSR count). The van der Waals surface area contributed by atoms with E-state index in [1.165, 1.54) is 5.56 Å². The predicted molar refractivity (Wildman–Crippen MR) is 69.8 cm³/mol. The summed E-state index contributed by atoms with van der Waals surface area (Å²) in [6.07, 6.45) is 1.09. The largest absolute Gasteiger partial charge is 0.292 e. The van der Waals surface area contributed by atoms with Crippen LogP contribution in [0, 0.1) is 0 Å². The molecule has 0 saturated heterocycles. The first-order valence-electron chi connectivity index (χ1n) is 5.44. The van der Waals surface area contributed by atoms with Gasteiger partial charge in [-0.25, -0.2) is 0 Å². The molecule has 3 heteroatoms. The van der Waals surface area contributed by atoms with E-state index in [-0.39, 0.29) is 11.7 Å². The van der Waals surface area contributed by atoms with Crippen molar-refractivity contribution in [3.8, 4) is 0 Å². The van der Waals surface area contributed by atoms with Gasteiger partial charge in [0.15, 0.2) is 5.78 Å². The van der Waals surface area contributed by atoms with Gasteiger partial charge in [0, 0.05) is 11.4 Å². The van der Waals surface area contributed by atoms with Crippen molar-refractivity contribution >= 4 is 29.0 Å². The minimum Gasteiger partial charge on any atom is -0.292 e. The Morgan fingerprint density at radius 1 is 1.31 bits per heavy atom. The van der Waals surface area contributed by atoms with Gasteiger partial charge in [-0.1, -0.05) is 38.1 Å². The van der Waals surface area contributed by atoms with E-state index < -0.39 is 5.38 Å². The number of rotatable bonds is 5. The molecule has 0 aliphatic carbocycles. The lowest BCUT2D eigenvalue weighted by Gasteiger charge is -2.10. The fourth-order valence-electron chi connectivity index (χ4n) is 1.46. The van der Waals surface area contributed by atoms with E-state index in [4.69, 9.17) is 23.2 Å². The second-order valence-electron chi connectivity index (χ2n) is 3.92. The van der Waals surface area contributed by atoms with Crippen molar-refractivity contribution < 1.29 is 4.79 Å². The number of carbonyl (C=O) groups is 1. The van der Waals surface area contributed by atoms with Crippen LogP contribution in [0.1, 0.15) is 42.1 Å². The minimum atomic E-state index is -0.629. The fraction of sp³-hybridized carbons (Fsp3) is 0.462. The van der Waals surface area contributed by atoms with E-state index in [2.05, 4.69) is 13.8 Å². The Bertz CT molecular complexity index is 345. The van der Waals surface area contributed by atoms with Gasteiger partial charge in [0.05, 0.1) is 0 Å². The average Bonchev–Trinajstić information content (AvgIpc) is 2.36. The molecule has 0 spiro atoms. The molecule has 88 valence electrons. The maximum Gasteiger partial charge on any atom is 0.181 e. The van der Waals surface area contributed by atoms with Crippen LogP contribution in [0.2, 0.25) is 0 Å². The molecule has 0 aromatic heterocycles. The third-order valence-electron chi connectivity index (χ3n) is 2.80. The third kappa shape index (κ3) is 3.23. The van der Waals surface area contributed by atoms with Crippen LogP contribution in [0.25, 0.3) is 0 Å².